The van der Waals surface area contributed by atoms with Crippen LogP contribution in [-0.4, -0.2) is 57.3 Å². The average Bonchev–Trinajstić information content (AvgIpc) is 3.12. The first-order valence-corrected chi connectivity index (χ1v) is 9.13. The molecule has 1 aliphatic heterocycles. The van der Waals surface area contributed by atoms with E-state index in [-0.39, 0.29) is 42.6 Å². The second-order valence-electron chi connectivity index (χ2n) is 5.49. The number of thioether (sulfide) groups is 1. The molecule has 0 aromatic carbocycles. The highest BCUT2D eigenvalue weighted by Crippen LogP contribution is 2.22. The highest BCUT2D eigenvalue weighted by molar-refractivity contribution is 8.00. The lowest BCUT2D eigenvalue weighted by molar-refractivity contribution is -0.128. The number of H-pyrrole nitrogens is 1. The molecule has 1 aromatic rings. The summed E-state index contributed by atoms with van der Waals surface area (Å²) < 4.78 is 5.56. The third kappa shape index (κ3) is 6.50. The fourth-order valence-electron chi connectivity index (χ4n) is 2.33. The molecule has 1 aromatic heterocycles. The molecule has 2 heterocycles. The van der Waals surface area contributed by atoms with Crippen LogP contribution < -0.4 is 10.6 Å². The van der Waals surface area contributed by atoms with Gasteiger partial charge in [-0.15, -0.1) is 11.8 Å². The summed E-state index contributed by atoms with van der Waals surface area (Å²) in [4.78, 5) is 31.1. The molecule has 0 radical (unpaired) electrons. The minimum atomic E-state index is -0.759. The van der Waals surface area contributed by atoms with Crippen LogP contribution in [0.5, 0.6) is 0 Å². The summed E-state index contributed by atoms with van der Waals surface area (Å²) in [6.07, 6.45) is 6.55. The Morgan fingerprint density at radius 2 is 2.38 bits per heavy atom. The van der Waals surface area contributed by atoms with Crippen LogP contribution in [0, 0.1) is 0 Å². The largest absolute Gasteiger partial charge is 0.396 e. The van der Waals surface area contributed by atoms with Crippen LogP contribution in [0.25, 0.3) is 0 Å². The Labute approximate surface area is 145 Å². The van der Waals surface area contributed by atoms with Crippen molar-refractivity contribution in [3.63, 3.8) is 0 Å². The van der Waals surface area contributed by atoms with Crippen molar-refractivity contribution in [1.29, 1.82) is 0 Å². The van der Waals surface area contributed by atoms with E-state index in [2.05, 4.69) is 20.6 Å². The molecule has 8 nitrogen and oxygen atoms in total. The molecular formula is C15H24N4O4S. The van der Waals surface area contributed by atoms with E-state index >= 15 is 0 Å². The summed E-state index contributed by atoms with van der Waals surface area (Å²) in [6.45, 7) is 0.800. The molecule has 1 aliphatic rings. The number of aliphatic hydroxyl groups excluding tert-OH is 1. The number of aromatic nitrogens is 2. The molecule has 0 bridgehead atoms. The third-order valence-electron chi connectivity index (χ3n) is 3.59. The van der Waals surface area contributed by atoms with Crippen molar-refractivity contribution >= 4 is 23.6 Å². The van der Waals surface area contributed by atoms with E-state index in [0.717, 1.165) is 25.9 Å². The van der Waals surface area contributed by atoms with Gasteiger partial charge in [0, 0.05) is 25.6 Å². The van der Waals surface area contributed by atoms with Crippen molar-refractivity contribution in [3.8, 4) is 0 Å². The zero-order valence-electron chi connectivity index (χ0n) is 13.5. The van der Waals surface area contributed by atoms with Crippen molar-refractivity contribution in [2.45, 2.75) is 43.7 Å². The molecule has 9 heteroatoms. The second kappa shape index (κ2) is 10.3. The van der Waals surface area contributed by atoms with Gasteiger partial charge in [0.2, 0.25) is 11.8 Å². The van der Waals surface area contributed by atoms with Gasteiger partial charge >= 0.3 is 0 Å². The summed E-state index contributed by atoms with van der Waals surface area (Å²) in [5.41, 5.74) is 0.0496. The van der Waals surface area contributed by atoms with Gasteiger partial charge in [-0.1, -0.05) is 0 Å². The van der Waals surface area contributed by atoms with Gasteiger partial charge in [0.1, 0.15) is 17.3 Å². The first-order chi connectivity index (χ1) is 11.7. The number of nitrogens with zero attached hydrogens (tertiary/aromatic N) is 1. The minimum Gasteiger partial charge on any atom is -0.396 e. The number of carbonyl (C=O) groups excluding carboxylic acids is 2. The number of amides is 2. The molecule has 2 unspecified atom stereocenters. The maximum atomic E-state index is 12.2. The summed E-state index contributed by atoms with van der Waals surface area (Å²) in [6, 6.07) is -0.759. The normalized spacial score (nSPS) is 18.8. The summed E-state index contributed by atoms with van der Waals surface area (Å²) in [5.74, 6) is 0.286. The zero-order chi connectivity index (χ0) is 17.2. The van der Waals surface area contributed by atoms with Crippen molar-refractivity contribution in [2.24, 2.45) is 0 Å². The molecule has 0 aliphatic carbocycles. The number of nitrogens with one attached hydrogen (secondary N) is 3. The zero-order valence-corrected chi connectivity index (χ0v) is 14.3. The number of hydrogen-bond acceptors (Lipinski definition) is 6. The van der Waals surface area contributed by atoms with E-state index in [1.165, 1.54) is 11.8 Å². The Morgan fingerprint density at radius 1 is 1.50 bits per heavy atom. The highest BCUT2D eigenvalue weighted by atomic mass is 32.2. The van der Waals surface area contributed by atoms with E-state index in [0.29, 0.717) is 5.82 Å². The molecule has 2 atom stereocenters. The smallest absolute Gasteiger partial charge is 0.243 e. The lowest BCUT2D eigenvalue weighted by Gasteiger charge is -2.22. The second-order valence-corrected chi connectivity index (χ2v) is 6.64. The number of carbonyl (C=O) groups is 2. The van der Waals surface area contributed by atoms with Gasteiger partial charge in [-0.3, -0.25) is 9.59 Å². The van der Waals surface area contributed by atoms with Crippen LogP contribution >= 0.6 is 11.8 Å². The molecule has 4 N–H and O–H groups in total. The van der Waals surface area contributed by atoms with Crippen molar-refractivity contribution in [1.82, 2.24) is 20.6 Å². The van der Waals surface area contributed by atoms with E-state index < -0.39 is 6.04 Å². The fraction of sp³-hybridized carbons (Fsp3) is 0.667. The molecule has 2 amide bonds. The van der Waals surface area contributed by atoms with Crippen LogP contribution in [0.4, 0.5) is 0 Å². The van der Waals surface area contributed by atoms with Crippen LogP contribution in [0.2, 0.25) is 0 Å². The number of aliphatic hydroxyl groups is 1. The van der Waals surface area contributed by atoms with E-state index in [9.17, 15) is 9.59 Å². The van der Waals surface area contributed by atoms with Gasteiger partial charge < -0.3 is 25.5 Å². The summed E-state index contributed by atoms with van der Waals surface area (Å²) in [7, 11) is 0. The van der Waals surface area contributed by atoms with Crippen LogP contribution in [0.15, 0.2) is 12.4 Å². The summed E-state index contributed by atoms with van der Waals surface area (Å²) >= 11 is 1.45. The van der Waals surface area contributed by atoms with E-state index in [1.54, 1.807) is 12.4 Å². The Balaban J connectivity index is 1.73. The molecule has 0 saturated carbocycles. The molecule has 134 valence electrons. The maximum Gasteiger partial charge on any atom is 0.243 e. The van der Waals surface area contributed by atoms with Gasteiger partial charge in [-0.2, -0.15) is 0 Å². The van der Waals surface area contributed by atoms with Gasteiger partial charge in [0.25, 0.3) is 0 Å². The van der Waals surface area contributed by atoms with E-state index in [1.807, 2.05) is 0 Å². The van der Waals surface area contributed by atoms with Crippen molar-refractivity contribution in [3.05, 3.63) is 18.2 Å². The fourth-order valence-corrected chi connectivity index (χ4v) is 3.28. The Kier molecular flexibility index (Phi) is 8.06. The van der Waals surface area contributed by atoms with E-state index in [4.69, 9.17) is 9.84 Å². The maximum absolute atomic E-state index is 12.2. The standard InChI is InChI=1S/C15H24N4O4S/c20-7-4-11(15(22)18-9-12-16-5-6-17-12)19-13(21)10-24-14-3-1-2-8-23-14/h5-6,11,14,20H,1-4,7-10H2,(H,16,17)(H,18,22)(H,19,21). The molecule has 2 rings (SSSR count). The molecule has 0 spiro atoms. The molecule has 1 fully saturated rings. The number of hydrogen-bond donors (Lipinski definition) is 4. The Hall–Kier alpha value is -1.58. The molecular weight excluding hydrogens is 332 g/mol. The monoisotopic (exact) mass is 356 g/mol. The molecule has 1 saturated heterocycles. The average molecular weight is 356 g/mol. The van der Waals surface area contributed by atoms with Gasteiger partial charge in [-0.05, 0) is 25.7 Å². The topological polar surface area (TPSA) is 116 Å². The van der Waals surface area contributed by atoms with Crippen LogP contribution in [-0.2, 0) is 20.9 Å². The SMILES string of the molecule is O=C(CSC1CCCCO1)NC(CCO)C(=O)NCc1ncc[nH]1. The van der Waals surface area contributed by atoms with Gasteiger partial charge in [0.15, 0.2) is 0 Å². The lowest BCUT2D eigenvalue weighted by Crippen LogP contribution is -2.47. The minimum absolute atomic E-state index is 0.0496. The predicted molar refractivity (Wildman–Crippen MR) is 90.1 cm³/mol. The third-order valence-corrected chi connectivity index (χ3v) is 4.77. The lowest BCUT2D eigenvalue weighted by atomic mass is 10.2. The number of aromatic amines is 1. The number of ether oxygens (including phenoxy) is 1. The Bertz CT molecular complexity index is 506. The molecule has 24 heavy (non-hydrogen) atoms. The Morgan fingerprint density at radius 3 is 3.04 bits per heavy atom. The van der Waals surface area contributed by atoms with Gasteiger partial charge in [0.05, 0.1) is 12.3 Å². The van der Waals surface area contributed by atoms with Crippen molar-refractivity contribution in [2.75, 3.05) is 19.0 Å². The van der Waals surface area contributed by atoms with Crippen LogP contribution in [0.1, 0.15) is 31.5 Å². The predicted octanol–water partition coefficient (Wildman–Crippen LogP) is 0.153. The first-order valence-electron chi connectivity index (χ1n) is 8.08. The van der Waals surface area contributed by atoms with Gasteiger partial charge in [-0.25, -0.2) is 4.98 Å². The highest BCUT2D eigenvalue weighted by Gasteiger charge is 2.22. The first kappa shape index (κ1) is 18.8. The van der Waals surface area contributed by atoms with Crippen LogP contribution in [0.3, 0.4) is 0 Å². The van der Waals surface area contributed by atoms with Crippen molar-refractivity contribution < 1.29 is 19.4 Å². The number of rotatable bonds is 9. The summed E-state index contributed by atoms with van der Waals surface area (Å²) in [5, 5.41) is 14.5. The number of imidazole rings is 1. The quantitative estimate of drug-likeness (QED) is 0.501.